The van der Waals surface area contributed by atoms with Crippen LogP contribution in [-0.2, 0) is 4.74 Å². The third-order valence-corrected chi connectivity index (χ3v) is 4.64. The molecule has 0 radical (unpaired) electrons. The van der Waals surface area contributed by atoms with E-state index in [1.807, 2.05) is 11.8 Å². The lowest BCUT2D eigenvalue weighted by atomic mass is 9.89. The Morgan fingerprint density at radius 2 is 2.19 bits per heavy atom. The summed E-state index contributed by atoms with van der Waals surface area (Å²) in [5.41, 5.74) is 0. The topological polar surface area (TPSA) is 33.6 Å². The normalized spacial score (nSPS) is 38.8. The van der Waals surface area contributed by atoms with Crippen LogP contribution in [0.15, 0.2) is 4.99 Å². The van der Waals surface area contributed by atoms with Gasteiger partial charge in [0.2, 0.25) is 0 Å². The number of thioether (sulfide) groups is 1. The number of nitrogens with one attached hydrogen (secondary N) is 1. The molecule has 1 heterocycles. The summed E-state index contributed by atoms with van der Waals surface area (Å²) in [4.78, 5) is 4.68. The summed E-state index contributed by atoms with van der Waals surface area (Å²) < 4.78 is 5.55. The summed E-state index contributed by atoms with van der Waals surface area (Å²) in [7, 11) is 0. The molecule has 4 heteroatoms. The van der Waals surface area contributed by atoms with Gasteiger partial charge in [-0.1, -0.05) is 18.7 Å². The zero-order chi connectivity index (χ0) is 11.5. The van der Waals surface area contributed by atoms with Gasteiger partial charge >= 0.3 is 0 Å². The van der Waals surface area contributed by atoms with Crippen molar-refractivity contribution in [2.45, 2.75) is 51.8 Å². The SMILES string of the molecule is CCOC1CC(NC2=NC(C)C(C)CS2)C1. The van der Waals surface area contributed by atoms with E-state index in [1.54, 1.807) is 0 Å². The Hall–Kier alpha value is -0.220. The zero-order valence-electron chi connectivity index (χ0n) is 10.4. The van der Waals surface area contributed by atoms with Crippen molar-refractivity contribution in [1.82, 2.24) is 5.32 Å². The lowest BCUT2D eigenvalue weighted by Crippen LogP contribution is -2.48. The van der Waals surface area contributed by atoms with E-state index >= 15 is 0 Å². The van der Waals surface area contributed by atoms with Crippen molar-refractivity contribution in [2.75, 3.05) is 12.4 Å². The van der Waals surface area contributed by atoms with E-state index in [4.69, 9.17) is 4.74 Å². The van der Waals surface area contributed by atoms with Gasteiger partial charge in [-0.15, -0.1) is 0 Å². The van der Waals surface area contributed by atoms with Gasteiger partial charge in [-0.25, -0.2) is 0 Å². The molecule has 0 amide bonds. The maximum atomic E-state index is 5.55. The summed E-state index contributed by atoms with van der Waals surface area (Å²) >= 11 is 1.87. The average molecular weight is 242 g/mol. The maximum Gasteiger partial charge on any atom is 0.157 e. The van der Waals surface area contributed by atoms with Crippen LogP contribution in [0.3, 0.4) is 0 Å². The van der Waals surface area contributed by atoms with Gasteiger partial charge < -0.3 is 10.1 Å². The van der Waals surface area contributed by atoms with Gasteiger partial charge in [-0.05, 0) is 32.6 Å². The molecule has 1 N–H and O–H groups in total. The van der Waals surface area contributed by atoms with Gasteiger partial charge in [-0.2, -0.15) is 0 Å². The molecule has 1 saturated carbocycles. The fraction of sp³-hybridized carbons (Fsp3) is 0.917. The molecule has 3 nitrogen and oxygen atoms in total. The smallest absolute Gasteiger partial charge is 0.157 e. The molecular weight excluding hydrogens is 220 g/mol. The van der Waals surface area contributed by atoms with E-state index in [0.717, 1.165) is 24.6 Å². The number of rotatable bonds is 3. The Labute approximate surface area is 102 Å². The number of amidine groups is 1. The van der Waals surface area contributed by atoms with Gasteiger partial charge in [0.15, 0.2) is 5.17 Å². The summed E-state index contributed by atoms with van der Waals surface area (Å²) in [6.07, 6.45) is 2.75. The van der Waals surface area contributed by atoms with Gasteiger partial charge in [0.1, 0.15) is 0 Å². The molecule has 2 rings (SSSR count). The molecule has 1 aliphatic heterocycles. The van der Waals surface area contributed by atoms with Crippen LogP contribution in [0, 0.1) is 5.92 Å². The Morgan fingerprint density at radius 1 is 1.44 bits per heavy atom. The highest BCUT2D eigenvalue weighted by atomic mass is 32.2. The number of hydrogen-bond donors (Lipinski definition) is 1. The van der Waals surface area contributed by atoms with Crippen molar-refractivity contribution in [3.63, 3.8) is 0 Å². The summed E-state index contributed by atoms with van der Waals surface area (Å²) in [5.74, 6) is 1.89. The van der Waals surface area contributed by atoms with E-state index < -0.39 is 0 Å². The fourth-order valence-corrected chi connectivity index (χ4v) is 3.20. The van der Waals surface area contributed by atoms with Crippen LogP contribution in [0.1, 0.15) is 33.6 Å². The molecule has 92 valence electrons. The van der Waals surface area contributed by atoms with Crippen LogP contribution in [0.2, 0.25) is 0 Å². The quantitative estimate of drug-likeness (QED) is 0.824. The Balaban J connectivity index is 1.73. The fourth-order valence-electron chi connectivity index (χ4n) is 2.01. The van der Waals surface area contributed by atoms with Crippen molar-refractivity contribution in [3.8, 4) is 0 Å². The summed E-state index contributed by atoms with van der Waals surface area (Å²) in [6, 6.07) is 1.05. The Bertz CT molecular complexity index is 264. The second kappa shape index (κ2) is 5.41. The van der Waals surface area contributed by atoms with E-state index in [2.05, 4.69) is 31.1 Å². The molecule has 0 aromatic heterocycles. The molecule has 0 aromatic rings. The number of ether oxygens (including phenoxy) is 1. The monoisotopic (exact) mass is 242 g/mol. The number of nitrogens with zero attached hydrogens (tertiary/aromatic N) is 1. The van der Waals surface area contributed by atoms with Gasteiger partial charge in [-0.3, -0.25) is 4.99 Å². The van der Waals surface area contributed by atoms with E-state index in [-0.39, 0.29) is 0 Å². The molecule has 1 aliphatic carbocycles. The van der Waals surface area contributed by atoms with Crippen molar-refractivity contribution in [3.05, 3.63) is 0 Å². The zero-order valence-corrected chi connectivity index (χ0v) is 11.2. The highest BCUT2D eigenvalue weighted by molar-refractivity contribution is 8.13. The minimum atomic E-state index is 0.464. The molecule has 2 aliphatic rings. The van der Waals surface area contributed by atoms with Crippen LogP contribution in [0.4, 0.5) is 0 Å². The van der Waals surface area contributed by atoms with Crippen molar-refractivity contribution < 1.29 is 4.74 Å². The molecule has 1 fully saturated rings. The second-order valence-corrected chi connectivity index (χ2v) is 5.86. The van der Waals surface area contributed by atoms with Crippen LogP contribution >= 0.6 is 11.8 Å². The first kappa shape index (κ1) is 12.2. The Morgan fingerprint density at radius 3 is 2.81 bits per heavy atom. The third kappa shape index (κ3) is 2.92. The van der Waals surface area contributed by atoms with Gasteiger partial charge in [0.25, 0.3) is 0 Å². The van der Waals surface area contributed by atoms with Crippen molar-refractivity contribution in [1.29, 1.82) is 0 Å². The van der Waals surface area contributed by atoms with Gasteiger partial charge in [0.05, 0.1) is 12.1 Å². The largest absolute Gasteiger partial charge is 0.378 e. The summed E-state index contributed by atoms with van der Waals surface area (Å²) in [5, 5.41) is 4.67. The van der Waals surface area contributed by atoms with E-state index in [1.165, 1.54) is 5.75 Å². The number of aliphatic imine (C=N–C) groups is 1. The molecular formula is C12H22N2OS. The standard InChI is InChI=1S/C12H22N2OS/c1-4-15-11-5-10(6-11)14-12-13-9(3)8(2)7-16-12/h8-11H,4-7H2,1-3H3,(H,13,14). The predicted octanol–water partition coefficient (Wildman–Crippen LogP) is 2.27. The van der Waals surface area contributed by atoms with Crippen LogP contribution in [-0.4, -0.2) is 35.7 Å². The molecule has 0 saturated heterocycles. The molecule has 0 spiro atoms. The lowest BCUT2D eigenvalue weighted by molar-refractivity contribution is -0.00545. The van der Waals surface area contributed by atoms with Crippen molar-refractivity contribution >= 4 is 16.9 Å². The highest BCUT2D eigenvalue weighted by Gasteiger charge is 2.31. The first-order valence-corrected chi connectivity index (χ1v) is 7.26. The van der Waals surface area contributed by atoms with Crippen LogP contribution in [0.5, 0.6) is 0 Å². The predicted molar refractivity (Wildman–Crippen MR) is 70.1 cm³/mol. The first-order valence-electron chi connectivity index (χ1n) is 6.27. The summed E-state index contributed by atoms with van der Waals surface area (Å²) in [6.45, 7) is 7.37. The number of hydrogen-bond acceptors (Lipinski definition) is 4. The maximum absolute atomic E-state index is 5.55. The molecule has 0 bridgehead atoms. The molecule has 16 heavy (non-hydrogen) atoms. The van der Waals surface area contributed by atoms with Crippen molar-refractivity contribution in [2.24, 2.45) is 10.9 Å². The third-order valence-electron chi connectivity index (χ3n) is 3.45. The minimum Gasteiger partial charge on any atom is -0.378 e. The van der Waals surface area contributed by atoms with Crippen LogP contribution in [0.25, 0.3) is 0 Å². The van der Waals surface area contributed by atoms with E-state index in [9.17, 15) is 0 Å². The Kier molecular flexibility index (Phi) is 4.14. The lowest BCUT2D eigenvalue weighted by Gasteiger charge is -2.37. The van der Waals surface area contributed by atoms with E-state index in [0.29, 0.717) is 24.1 Å². The second-order valence-electron chi connectivity index (χ2n) is 4.85. The molecule has 2 atom stereocenters. The van der Waals surface area contributed by atoms with Gasteiger partial charge in [0, 0.05) is 18.4 Å². The first-order chi connectivity index (χ1) is 7.69. The molecule has 2 unspecified atom stereocenters. The average Bonchev–Trinajstić information content (AvgIpc) is 2.20. The minimum absolute atomic E-state index is 0.464. The molecule has 0 aromatic carbocycles. The van der Waals surface area contributed by atoms with Crippen LogP contribution < -0.4 is 5.32 Å². The highest BCUT2D eigenvalue weighted by Crippen LogP contribution is 2.26.